The summed E-state index contributed by atoms with van der Waals surface area (Å²) < 4.78 is 32.5. The molecule has 0 radical (unpaired) electrons. The summed E-state index contributed by atoms with van der Waals surface area (Å²) in [6.07, 6.45) is 0. The fourth-order valence-electron chi connectivity index (χ4n) is 1.74. The summed E-state index contributed by atoms with van der Waals surface area (Å²) in [7, 11) is 3.17. The number of benzene rings is 1. The molecule has 0 aromatic heterocycles. The van der Waals surface area contributed by atoms with Crippen molar-refractivity contribution in [1.29, 1.82) is 0 Å². The molecule has 0 bridgehead atoms. The van der Waals surface area contributed by atoms with Gasteiger partial charge >= 0.3 is 0 Å². The van der Waals surface area contributed by atoms with Gasteiger partial charge in [0.05, 0.1) is 11.6 Å². The molecule has 0 saturated heterocycles. The number of likely N-dealkylation sites (N-methyl/N-ethyl adjacent to an activating group) is 1. The Morgan fingerprint density at radius 2 is 1.75 bits per heavy atom. The van der Waals surface area contributed by atoms with Crippen LogP contribution in [-0.2, 0) is 4.74 Å². The molecule has 1 atom stereocenters. The smallest absolute Gasteiger partial charge is 0.131 e. The van der Waals surface area contributed by atoms with Crippen LogP contribution in [0.2, 0.25) is 0 Å². The molecule has 0 aliphatic rings. The fraction of sp³-hybridized carbons (Fsp3) is 0.500. The number of rotatable bonds is 4. The van der Waals surface area contributed by atoms with E-state index < -0.39 is 23.3 Å². The van der Waals surface area contributed by atoms with Crippen LogP contribution >= 0.6 is 0 Å². The quantitative estimate of drug-likeness (QED) is 0.857. The van der Waals surface area contributed by atoms with Crippen LogP contribution in [0.1, 0.15) is 25.5 Å². The zero-order valence-electron chi connectivity index (χ0n) is 9.97. The molecular formula is C12H17F2NO. The maximum Gasteiger partial charge on any atom is 0.131 e. The van der Waals surface area contributed by atoms with Gasteiger partial charge in [0.1, 0.15) is 11.6 Å². The van der Waals surface area contributed by atoms with Gasteiger partial charge in [-0.1, -0.05) is 6.07 Å². The minimum atomic E-state index is -0.697. The van der Waals surface area contributed by atoms with Gasteiger partial charge in [-0.25, -0.2) is 8.78 Å². The Labute approximate surface area is 94.6 Å². The van der Waals surface area contributed by atoms with Gasteiger partial charge < -0.3 is 10.1 Å². The molecule has 1 unspecified atom stereocenters. The SMILES string of the molecule is CNC(c1c(F)cccc1F)C(C)(C)OC. The van der Waals surface area contributed by atoms with Crippen molar-refractivity contribution in [1.82, 2.24) is 5.32 Å². The van der Waals surface area contributed by atoms with E-state index >= 15 is 0 Å². The van der Waals surface area contributed by atoms with E-state index in [1.165, 1.54) is 25.3 Å². The molecule has 1 rings (SSSR count). The summed E-state index contributed by atoms with van der Waals surface area (Å²) in [5.41, 5.74) is -0.686. The Bertz CT molecular complexity index is 346. The predicted molar refractivity (Wildman–Crippen MR) is 59.2 cm³/mol. The molecule has 0 spiro atoms. The number of ether oxygens (including phenoxy) is 1. The molecule has 2 nitrogen and oxygen atoms in total. The molecule has 0 heterocycles. The number of nitrogens with one attached hydrogen (secondary N) is 1. The van der Waals surface area contributed by atoms with Gasteiger partial charge in [0, 0.05) is 12.7 Å². The molecular weight excluding hydrogens is 212 g/mol. The van der Waals surface area contributed by atoms with Gasteiger partial charge in [0.2, 0.25) is 0 Å². The van der Waals surface area contributed by atoms with Crippen molar-refractivity contribution in [2.45, 2.75) is 25.5 Å². The first-order valence-electron chi connectivity index (χ1n) is 5.10. The highest BCUT2D eigenvalue weighted by Crippen LogP contribution is 2.31. The van der Waals surface area contributed by atoms with Crippen molar-refractivity contribution < 1.29 is 13.5 Å². The van der Waals surface area contributed by atoms with Crippen molar-refractivity contribution in [3.8, 4) is 0 Å². The molecule has 0 saturated carbocycles. The highest BCUT2D eigenvalue weighted by molar-refractivity contribution is 5.25. The van der Waals surface area contributed by atoms with Crippen LogP contribution < -0.4 is 5.32 Å². The minimum Gasteiger partial charge on any atom is -0.377 e. The van der Waals surface area contributed by atoms with E-state index in [0.717, 1.165) is 0 Å². The topological polar surface area (TPSA) is 21.3 Å². The lowest BCUT2D eigenvalue weighted by Crippen LogP contribution is -2.40. The van der Waals surface area contributed by atoms with Crippen LogP contribution in [0.25, 0.3) is 0 Å². The van der Waals surface area contributed by atoms with E-state index in [1.807, 2.05) is 0 Å². The van der Waals surface area contributed by atoms with E-state index in [9.17, 15) is 8.78 Å². The second-order valence-electron chi connectivity index (χ2n) is 4.16. The van der Waals surface area contributed by atoms with E-state index in [-0.39, 0.29) is 5.56 Å². The lowest BCUT2D eigenvalue weighted by Gasteiger charge is -2.33. The highest BCUT2D eigenvalue weighted by atomic mass is 19.1. The largest absolute Gasteiger partial charge is 0.377 e. The second kappa shape index (κ2) is 4.89. The molecule has 0 aliphatic carbocycles. The van der Waals surface area contributed by atoms with E-state index in [4.69, 9.17) is 4.74 Å². The monoisotopic (exact) mass is 229 g/mol. The second-order valence-corrected chi connectivity index (χ2v) is 4.16. The lowest BCUT2D eigenvalue weighted by molar-refractivity contribution is -0.0109. The average Bonchev–Trinajstić information content (AvgIpc) is 2.23. The third kappa shape index (κ3) is 2.39. The zero-order valence-corrected chi connectivity index (χ0v) is 9.97. The Kier molecular flexibility index (Phi) is 3.99. The molecule has 0 fully saturated rings. The molecule has 90 valence electrons. The maximum atomic E-state index is 13.6. The van der Waals surface area contributed by atoms with Crippen LogP contribution in [0.5, 0.6) is 0 Å². The average molecular weight is 229 g/mol. The summed E-state index contributed by atoms with van der Waals surface area (Å²) in [5, 5.41) is 2.89. The Balaban J connectivity index is 3.24. The molecule has 4 heteroatoms. The summed E-state index contributed by atoms with van der Waals surface area (Å²) in [4.78, 5) is 0. The molecule has 0 amide bonds. The lowest BCUT2D eigenvalue weighted by atomic mass is 9.91. The first-order valence-corrected chi connectivity index (χ1v) is 5.10. The van der Waals surface area contributed by atoms with Crippen molar-refractivity contribution in [3.05, 3.63) is 35.4 Å². The fourth-order valence-corrected chi connectivity index (χ4v) is 1.74. The maximum absolute atomic E-state index is 13.6. The third-order valence-corrected chi connectivity index (χ3v) is 2.80. The molecule has 1 aromatic carbocycles. The summed E-state index contributed by atoms with van der Waals surface area (Å²) in [6, 6.07) is 3.29. The van der Waals surface area contributed by atoms with Crippen LogP contribution in [0.15, 0.2) is 18.2 Å². The van der Waals surface area contributed by atoms with Crippen LogP contribution in [0.4, 0.5) is 8.78 Å². The number of halogens is 2. The van der Waals surface area contributed by atoms with Gasteiger partial charge in [-0.3, -0.25) is 0 Å². The van der Waals surface area contributed by atoms with Crippen LogP contribution in [0, 0.1) is 11.6 Å². The molecule has 16 heavy (non-hydrogen) atoms. The van der Waals surface area contributed by atoms with Crippen LogP contribution in [-0.4, -0.2) is 19.8 Å². The van der Waals surface area contributed by atoms with Crippen molar-refractivity contribution >= 4 is 0 Å². The summed E-state index contributed by atoms with van der Waals surface area (Å²) in [6.45, 7) is 3.56. The number of hydrogen-bond acceptors (Lipinski definition) is 2. The van der Waals surface area contributed by atoms with Gasteiger partial charge in [0.15, 0.2) is 0 Å². The van der Waals surface area contributed by atoms with Gasteiger partial charge in [-0.15, -0.1) is 0 Å². The summed E-state index contributed by atoms with van der Waals surface area (Å²) >= 11 is 0. The normalized spacial score (nSPS) is 13.9. The van der Waals surface area contributed by atoms with E-state index in [0.29, 0.717) is 0 Å². The summed E-state index contributed by atoms with van der Waals surface area (Å²) in [5.74, 6) is -1.13. The first-order chi connectivity index (χ1) is 7.44. The Morgan fingerprint density at radius 1 is 1.25 bits per heavy atom. The van der Waals surface area contributed by atoms with E-state index in [2.05, 4.69) is 5.32 Å². The number of methoxy groups -OCH3 is 1. The predicted octanol–water partition coefficient (Wildman–Crippen LogP) is 2.65. The standard InChI is InChI=1S/C12H17F2NO/c1-12(2,16-4)11(15-3)10-8(13)6-5-7-9(10)14/h5-7,11,15H,1-4H3. The zero-order chi connectivity index (χ0) is 12.3. The number of hydrogen-bond donors (Lipinski definition) is 1. The van der Waals surface area contributed by atoms with Crippen molar-refractivity contribution in [2.24, 2.45) is 0 Å². The Morgan fingerprint density at radius 3 is 2.12 bits per heavy atom. The molecule has 0 aliphatic heterocycles. The van der Waals surface area contributed by atoms with Gasteiger partial charge in [0.25, 0.3) is 0 Å². The van der Waals surface area contributed by atoms with E-state index in [1.54, 1.807) is 20.9 Å². The minimum absolute atomic E-state index is 0.0110. The molecule has 1 N–H and O–H groups in total. The van der Waals surface area contributed by atoms with Gasteiger partial charge in [-0.2, -0.15) is 0 Å². The van der Waals surface area contributed by atoms with Crippen LogP contribution in [0.3, 0.4) is 0 Å². The first kappa shape index (κ1) is 13.1. The molecule has 1 aromatic rings. The Hall–Kier alpha value is -1.00. The third-order valence-electron chi connectivity index (χ3n) is 2.80. The van der Waals surface area contributed by atoms with Crippen molar-refractivity contribution in [2.75, 3.05) is 14.2 Å². The van der Waals surface area contributed by atoms with Gasteiger partial charge in [-0.05, 0) is 33.0 Å². The highest BCUT2D eigenvalue weighted by Gasteiger charge is 2.33. The van der Waals surface area contributed by atoms with Crippen molar-refractivity contribution in [3.63, 3.8) is 0 Å².